The summed E-state index contributed by atoms with van der Waals surface area (Å²) < 4.78 is 9.25. The van der Waals surface area contributed by atoms with Gasteiger partial charge >= 0.3 is 23.9 Å². The molecule has 0 saturated heterocycles. The summed E-state index contributed by atoms with van der Waals surface area (Å²) in [7, 11) is 3.73. The Hall–Kier alpha value is -8.88. The Labute approximate surface area is 566 Å². The quantitative estimate of drug-likeness (QED) is 0.0472. The van der Waals surface area contributed by atoms with Crippen molar-refractivity contribution in [2.24, 2.45) is 11.5 Å². The van der Waals surface area contributed by atoms with Gasteiger partial charge in [-0.15, -0.1) is 0 Å². The molecule has 4 aliphatic rings. The lowest BCUT2D eigenvalue weighted by Gasteiger charge is -2.38. The molecule has 8 aromatic rings. The number of imide groups is 2. The number of cyclic esters (lactones) is 4. The predicted molar refractivity (Wildman–Crippen MR) is 394 cm³/mol. The molecule has 0 unspecified atom stereocenters. The van der Waals surface area contributed by atoms with Crippen molar-refractivity contribution in [3.05, 3.63) is 190 Å². The van der Waals surface area contributed by atoms with E-state index in [4.69, 9.17) is 11.5 Å². The fourth-order valence-corrected chi connectivity index (χ4v) is 9.64. The largest absolute Gasteiger partial charge is 0.386 e. The molecule has 4 heterocycles. The molecule has 8 aromatic carbocycles. The lowest BCUT2D eigenvalue weighted by Crippen LogP contribution is -2.53. The molecule has 4 amide bonds. The first-order valence-corrected chi connectivity index (χ1v) is 32.7. The summed E-state index contributed by atoms with van der Waals surface area (Å²) in [5.74, 6) is -3.59. The maximum atomic E-state index is 13.4. The standard InChI is InChI=1S/C31H28N4O4.2C12H6O3.C4H14N4.8C2H6.2CH4/c1-19(2)33(18-35-30(38)24-14-6-10-21-11-7-15-25(27(21)24)31(35)39)16-32(3)17-34-28(36)22-12-4-8-20-9-5-13-23(26(20)22)29(34)37;2*13-11-8-5-1-3-7-4-2-6-9(10(7)8)12(14)15-11;1-8(3-6)4-7-2-5;8*1-2;;/h4-15,19H,16-18H2,1-3H3;2*1-6H;7H,2-6H2,1H3;8*1-2H3;2*1H4. The van der Waals surface area contributed by atoms with Crippen LogP contribution in [0, 0.1) is 0 Å². The van der Waals surface area contributed by atoms with E-state index in [9.17, 15) is 38.4 Å². The molecule has 0 saturated carbocycles. The van der Waals surface area contributed by atoms with Crippen LogP contribution >= 0.6 is 0 Å². The number of ether oxygens (including phenoxy) is 2. The smallest absolute Gasteiger partial charge is 0.346 e. The maximum absolute atomic E-state index is 13.4. The summed E-state index contributed by atoms with van der Waals surface area (Å²) in [5, 5.41) is 9.18. The normalized spacial score (nSPS) is 12.1. The summed E-state index contributed by atoms with van der Waals surface area (Å²) in [6.45, 7) is 38.3. The maximum Gasteiger partial charge on any atom is 0.346 e. The van der Waals surface area contributed by atoms with Gasteiger partial charge in [-0.25, -0.2) is 19.2 Å². The van der Waals surface area contributed by atoms with Crippen molar-refractivity contribution in [2.45, 2.75) is 146 Å². The van der Waals surface area contributed by atoms with Crippen molar-refractivity contribution < 1.29 is 47.8 Å². The van der Waals surface area contributed by atoms with Gasteiger partial charge in [0.05, 0.1) is 42.3 Å². The second kappa shape index (κ2) is 46.2. The molecule has 0 atom stereocenters. The minimum Gasteiger partial charge on any atom is -0.386 e. The molecule has 18 heteroatoms. The van der Waals surface area contributed by atoms with Crippen LogP contribution in [0.2, 0.25) is 0 Å². The topological polar surface area (TPSA) is 235 Å². The van der Waals surface area contributed by atoms with Gasteiger partial charge in [0.25, 0.3) is 23.6 Å². The molecular formula is C77H110N8O10. The first-order chi connectivity index (χ1) is 45.1. The van der Waals surface area contributed by atoms with Crippen molar-refractivity contribution in [1.29, 1.82) is 0 Å². The van der Waals surface area contributed by atoms with Crippen molar-refractivity contribution in [2.75, 3.05) is 54.1 Å². The molecule has 0 aliphatic carbocycles. The number of esters is 4. The zero-order valence-electron chi connectivity index (χ0n) is 58.6. The van der Waals surface area contributed by atoms with Gasteiger partial charge in [0, 0.05) is 69.8 Å². The molecule has 0 bridgehead atoms. The number of benzene rings is 8. The first-order valence-electron chi connectivity index (χ1n) is 32.7. The Kier molecular flexibility index (Phi) is 42.9. The lowest BCUT2D eigenvalue weighted by molar-refractivity contribution is 0.0247. The molecule has 0 radical (unpaired) electrons. The molecule has 18 nitrogen and oxygen atoms in total. The highest BCUT2D eigenvalue weighted by Gasteiger charge is 2.37. The van der Waals surface area contributed by atoms with Crippen LogP contribution in [0.1, 0.15) is 222 Å². The van der Waals surface area contributed by atoms with Crippen LogP contribution in [0.25, 0.3) is 43.1 Å². The van der Waals surface area contributed by atoms with Gasteiger partial charge in [-0.2, -0.15) is 0 Å². The Balaban J connectivity index is 0. The van der Waals surface area contributed by atoms with E-state index in [1.54, 1.807) is 72.8 Å². The van der Waals surface area contributed by atoms with Gasteiger partial charge in [0.1, 0.15) is 0 Å². The van der Waals surface area contributed by atoms with E-state index in [-0.39, 0.29) is 57.9 Å². The minimum absolute atomic E-state index is 0. The number of carbonyl (C=O) groups is 8. The molecule has 0 aromatic heterocycles. The highest BCUT2D eigenvalue weighted by molar-refractivity contribution is 6.27. The SMILES string of the molecule is C.C.CC.CC.CC.CC.CC.CC.CC.CC.CC(C)N(CN(C)CN1C(=O)c2cccc3cccc(c23)C1=O)CN1C(=O)c2cccc3cccc(c23)C1=O.CN(CN)CNCN.O=C1OC(=O)c2cccc3cccc1c23.O=C1OC(=O)c2cccc3cccc1c23. The third kappa shape index (κ3) is 21.6. The van der Waals surface area contributed by atoms with Crippen LogP contribution in [0.15, 0.2) is 146 Å². The summed E-state index contributed by atoms with van der Waals surface area (Å²) in [6, 6.07) is 43.1. The van der Waals surface area contributed by atoms with Crippen LogP contribution in [0.4, 0.5) is 0 Å². The van der Waals surface area contributed by atoms with Crippen molar-refractivity contribution in [3.63, 3.8) is 0 Å². The fraction of sp³-hybridized carbons (Fsp3) is 0.377. The van der Waals surface area contributed by atoms with Crippen LogP contribution < -0.4 is 16.8 Å². The van der Waals surface area contributed by atoms with E-state index in [1.807, 2.05) is 226 Å². The van der Waals surface area contributed by atoms with Gasteiger partial charge < -0.3 is 20.9 Å². The van der Waals surface area contributed by atoms with Gasteiger partial charge in [-0.1, -0.05) is 223 Å². The number of carbonyl (C=O) groups excluding carboxylic acids is 8. The van der Waals surface area contributed by atoms with Crippen molar-refractivity contribution in [3.8, 4) is 0 Å². The number of hydrogen-bond acceptors (Lipinski definition) is 16. The molecule has 518 valence electrons. The Morgan fingerprint density at radius 3 is 0.832 bits per heavy atom. The average molecular weight is 1310 g/mol. The summed E-state index contributed by atoms with van der Waals surface area (Å²) in [5.41, 5.74) is 14.3. The third-order valence-electron chi connectivity index (χ3n) is 13.5. The van der Waals surface area contributed by atoms with Gasteiger partial charge in [0.2, 0.25) is 0 Å². The number of nitrogens with two attached hydrogens (primary N) is 2. The van der Waals surface area contributed by atoms with Crippen LogP contribution in [-0.2, 0) is 9.47 Å². The number of hydrogen-bond donors (Lipinski definition) is 3. The van der Waals surface area contributed by atoms with E-state index in [1.165, 1.54) is 9.80 Å². The zero-order valence-corrected chi connectivity index (χ0v) is 58.6. The van der Waals surface area contributed by atoms with Gasteiger partial charge in [-0.3, -0.25) is 49.0 Å². The van der Waals surface area contributed by atoms with Crippen molar-refractivity contribution in [1.82, 2.24) is 29.8 Å². The fourth-order valence-electron chi connectivity index (χ4n) is 9.64. The molecule has 12 rings (SSSR count). The van der Waals surface area contributed by atoms with Crippen LogP contribution in [0.5, 0.6) is 0 Å². The second-order valence-electron chi connectivity index (χ2n) is 18.9. The van der Waals surface area contributed by atoms with E-state index in [0.717, 1.165) is 28.2 Å². The van der Waals surface area contributed by atoms with Gasteiger partial charge in [0.15, 0.2) is 0 Å². The highest BCUT2D eigenvalue weighted by Crippen LogP contribution is 2.33. The number of amides is 4. The summed E-state index contributed by atoms with van der Waals surface area (Å²) in [6.07, 6.45) is 0. The molecule has 0 spiro atoms. The van der Waals surface area contributed by atoms with E-state index >= 15 is 0 Å². The predicted octanol–water partition coefficient (Wildman–Crippen LogP) is 16.5. The average Bonchev–Trinajstić information content (AvgIpc) is 0.775. The van der Waals surface area contributed by atoms with Gasteiger partial charge in [-0.05, 0) is 98.0 Å². The molecule has 5 N–H and O–H groups in total. The summed E-state index contributed by atoms with van der Waals surface area (Å²) >= 11 is 0. The Morgan fingerprint density at radius 1 is 0.368 bits per heavy atom. The Morgan fingerprint density at radius 2 is 0.600 bits per heavy atom. The van der Waals surface area contributed by atoms with E-state index in [2.05, 4.69) is 14.8 Å². The molecule has 4 aliphatic heterocycles. The lowest BCUT2D eigenvalue weighted by atomic mass is 9.94. The monoisotopic (exact) mass is 1310 g/mol. The van der Waals surface area contributed by atoms with Crippen molar-refractivity contribution >= 4 is 90.6 Å². The molecule has 95 heavy (non-hydrogen) atoms. The second-order valence-corrected chi connectivity index (χ2v) is 18.9. The number of nitrogens with zero attached hydrogens (tertiary/aromatic N) is 5. The number of rotatable bonds is 11. The van der Waals surface area contributed by atoms with E-state index < -0.39 is 23.9 Å². The van der Waals surface area contributed by atoms with E-state index in [0.29, 0.717) is 86.1 Å². The zero-order chi connectivity index (χ0) is 70.7. The van der Waals surface area contributed by atoms with Crippen LogP contribution in [0.3, 0.4) is 0 Å². The van der Waals surface area contributed by atoms with Crippen LogP contribution in [-0.4, -0.2) is 132 Å². The highest BCUT2D eigenvalue weighted by atomic mass is 16.6. The number of nitrogens with one attached hydrogen (secondary N) is 1. The summed E-state index contributed by atoms with van der Waals surface area (Å²) in [4.78, 5) is 108. The minimum atomic E-state index is -0.565. The first kappa shape index (κ1) is 88.2. The molecular weight excluding hydrogens is 1200 g/mol. The Bertz CT molecular complexity index is 3430. The third-order valence-corrected chi connectivity index (χ3v) is 13.5. The molecule has 0 fully saturated rings.